The molecule has 2 saturated heterocycles. The highest BCUT2D eigenvalue weighted by atomic mass is 32.2. The first-order valence-corrected chi connectivity index (χ1v) is 11.4. The van der Waals surface area contributed by atoms with Crippen molar-refractivity contribution in [2.75, 3.05) is 26.2 Å². The first-order valence-electron chi connectivity index (χ1n) is 9.91. The second-order valence-electron chi connectivity index (χ2n) is 7.52. The van der Waals surface area contributed by atoms with Crippen molar-refractivity contribution in [3.05, 3.63) is 29.3 Å². The summed E-state index contributed by atoms with van der Waals surface area (Å²) in [5.74, 6) is -0.881. The van der Waals surface area contributed by atoms with Crippen LogP contribution in [0.4, 0.5) is 0 Å². The Kier molecular flexibility index (Phi) is 6.40. The fourth-order valence-corrected chi connectivity index (χ4v) is 5.25. The molecule has 1 amide bonds. The molecule has 0 saturated carbocycles. The summed E-state index contributed by atoms with van der Waals surface area (Å²) in [7, 11) is -3.64. The Hall–Kier alpha value is -1.93. The number of sulfonamides is 1. The number of esters is 1. The molecule has 0 bridgehead atoms. The number of hydrogen-bond donors (Lipinski definition) is 0. The van der Waals surface area contributed by atoms with Crippen LogP contribution in [-0.2, 0) is 19.6 Å². The highest BCUT2D eigenvalue weighted by Gasteiger charge is 2.29. The fourth-order valence-electron chi connectivity index (χ4n) is 3.70. The van der Waals surface area contributed by atoms with E-state index >= 15 is 0 Å². The zero-order valence-electron chi connectivity index (χ0n) is 16.5. The number of benzene rings is 1. The van der Waals surface area contributed by atoms with Gasteiger partial charge in [0, 0.05) is 26.2 Å². The normalized spacial score (nSPS) is 19.4. The maximum absolute atomic E-state index is 12.9. The molecule has 1 aromatic carbocycles. The third-order valence-corrected chi connectivity index (χ3v) is 7.33. The lowest BCUT2D eigenvalue weighted by atomic mass is 10.1. The molecule has 1 aromatic rings. The Morgan fingerprint density at radius 3 is 2.25 bits per heavy atom. The molecule has 0 unspecified atom stereocenters. The Balaban J connectivity index is 1.77. The van der Waals surface area contributed by atoms with Gasteiger partial charge in [-0.05, 0) is 57.2 Å². The van der Waals surface area contributed by atoms with Crippen LogP contribution in [0.3, 0.4) is 0 Å². The zero-order valence-corrected chi connectivity index (χ0v) is 17.3. The van der Waals surface area contributed by atoms with Crippen LogP contribution in [0.5, 0.6) is 0 Å². The van der Waals surface area contributed by atoms with Crippen molar-refractivity contribution >= 4 is 21.9 Å². The number of rotatable bonds is 5. The van der Waals surface area contributed by atoms with Gasteiger partial charge in [0.15, 0.2) is 6.10 Å². The molecule has 28 heavy (non-hydrogen) atoms. The van der Waals surface area contributed by atoms with Gasteiger partial charge >= 0.3 is 5.97 Å². The van der Waals surface area contributed by atoms with E-state index in [0.717, 1.165) is 32.1 Å². The maximum atomic E-state index is 12.9. The lowest BCUT2D eigenvalue weighted by Crippen LogP contribution is -2.38. The van der Waals surface area contributed by atoms with Gasteiger partial charge < -0.3 is 9.64 Å². The average Bonchev–Trinajstić information content (AvgIpc) is 3.22. The highest BCUT2D eigenvalue weighted by molar-refractivity contribution is 7.89. The van der Waals surface area contributed by atoms with Crippen LogP contribution >= 0.6 is 0 Å². The van der Waals surface area contributed by atoms with Gasteiger partial charge in [-0.1, -0.05) is 12.5 Å². The van der Waals surface area contributed by atoms with E-state index in [9.17, 15) is 18.0 Å². The summed E-state index contributed by atoms with van der Waals surface area (Å²) in [6, 6.07) is 4.50. The molecule has 0 aromatic heterocycles. The topological polar surface area (TPSA) is 84.0 Å². The van der Waals surface area contributed by atoms with E-state index in [4.69, 9.17) is 4.74 Å². The summed E-state index contributed by atoms with van der Waals surface area (Å²) in [4.78, 5) is 26.8. The lowest BCUT2D eigenvalue weighted by Gasteiger charge is -2.26. The average molecular weight is 409 g/mol. The molecule has 0 radical (unpaired) electrons. The van der Waals surface area contributed by atoms with Gasteiger partial charge in [0.2, 0.25) is 10.0 Å². The Labute approximate surface area is 166 Å². The number of hydrogen-bond acceptors (Lipinski definition) is 5. The Bertz CT molecular complexity index is 840. The van der Waals surface area contributed by atoms with E-state index in [1.165, 1.54) is 16.4 Å². The Morgan fingerprint density at radius 2 is 1.61 bits per heavy atom. The third-order valence-electron chi connectivity index (χ3n) is 5.43. The monoisotopic (exact) mass is 408 g/mol. The molecular weight excluding hydrogens is 380 g/mol. The summed E-state index contributed by atoms with van der Waals surface area (Å²) in [5.41, 5.74) is 0.794. The number of aryl methyl sites for hydroxylation is 1. The predicted octanol–water partition coefficient (Wildman–Crippen LogP) is 2.34. The largest absolute Gasteiger partial charge is 0.449 e. The maximum Gasteiger partial charge on any atom is 0.339 e. The number of amides is 1. The van der Waals surface area contributed by atoms with Crippen LogP contribution in [-0.4, -0.2) is 61.8 Å². The molecular formula is C20H28N2O5S. The van der Waals surface area contributed by atoms with Crippen molar-refractivity contribution in [2.24, 2.45) is 0 Å². The SMILES string of the molecule is Cc1ccc(S(=O)(=O)N2CCCCC2)cc1C(=O)O[C@@H](C)C(=O)N1CCCC1. The number of carbonyl (C=O) groups excluding carboxylic acids is 2. The summed E-state index contributed by atoms with van der Waals surface area (Å²) >= 11 is 0. The van der Waals surface area contributed by atoms with Crippen LogP contribution in [0.1, 0.15) is 54.9 Å². The van der Waals surface area contributed by atoms with E-state index in [1.54, 1.807) is 24.8 Å². The van der Waals surface area contributed by atoms with E-state index in [-0.39, 0.29) is 16.4 Å². The minimum absolute atomic E-state index is 0.0884. The summed E-state index contributed by atoms with van der Waals surface area (Å²) in [6.45, 7) is 5.64. The number of ether oxygens (including phenoxy) is 1. The van der Waals surface area contributed by atoms with Crippen molar-refractivity contribution < 1.29 is 22.7 Å². The van der Waals surface area contributed by atoms with Crippen LogP contribution < -0.4 is 0 Å². The third kappa shape index (κ3) is 4.38. The number of nitrogens with zero attached hydrogens (tertiary/aromatic N) is 2. The van der Waals surface area contributed by atoms with Gasteiger partial charge in [0.1, 0.15) is 0 Å². The first kappa shape index (κ1) is 20.8. The molecule has 3 rings (SSSR count). The second kappa shape index (κ2) is 8.61. The van der Waals surface area contributed by atoms with Crippen molar-refractivity contribution in [3.8, 4) is 0 Å². The van der Waals surface area contributed by atoms with Crippen molar-refractivity contribution in [1.29, 1.82) is 0 Å². The highest BCUT2D eigenvalue weighted by Crippen LogP contribution is 2.23. The summed E-state index contributed by atoms with van der Waals surface area (Å²) in [5, 5.41) is 0. The van der Waals surface area contributed by atoms with Gasteiger partial charge in [0.05, 0.1) is 10.5 Å². The van der Waals surface area contributed by atoms with Crippen molar-refractivity contribution in [1.82, 2.24) is 9.21 Å². The van der Waals surface area contributed by atoms with E-state index in [2.05, 4.69) is 0 Å². The molecule has 0 aliphatic carbocycles. The first-order chi connectivity index (χ1) is 13.3. The van der Waals surface area contributed by atoms with E-state index < -0.39 is 22.1 Å². The zero-order chi connectivity index (χ0) is 20.3. The van der Waals surface area contributed by atoms with Gasteiger partial charge in [0.25, 0.3) is 5.91 Å². The molecule has 154 valence electrons. The van der Waals surface area contributed by atoms with Gasteiger partial charge in [-0.2, -0.15) is 4.31 Å². The number of likely N-dealkylation sites (tertiary alicyclic amines) is 1. The fraction of sp³-hybridized carbons (Fsp3) is 0.600. The van der Waals surface area contributed by atoms with Gasteiger partial charge in [-0.25, -0.2) is 13.2 Å². The molecule has 0 spiro atoms. The molecule has 2 heterocycles. The minimum Gasteiger partial charge on any atom is -0.449 e. The standard InChI is InChI=1S/C20H28N2O5S/c1-15-8-9-17(28(25,26)22-12-4-3-5-13-22)14-18(15)20(24)27-16(2)19(23)21-10-6-7-11-21/h8-9,14,16H,3-7,10-13H2,1-2H3/t16-/m0/s1. The quantitative estimate of drug-likeness (QED) is 0.698. The molecule has 2 fully saturated rings. The van der Waals surface area contributed by atoms with Gasteiger partial charge in [-0.3, -0.25) is 4.79 Å². The smallest absolute Gasteiger partial charge is 0.339 e. The summed E-state index contributed by atoms with van der Waals surface area (Å²) < 4.78 is 32.6. The number of piperidine rings is 1. The molecule has 1 atom stereocenters. The molecule has 2 aliphatic rings. The second-order valence-corrected chi connectivity index (χ2v) is 9.46. The molecule has 7 nitrogen and oxygen atoms in total. The van der Waals surface area contributed by atoms with Crippen molar-refractivity contribution in [2.45, 2.75) is 57.0 Å². The minimum atomic E-state index is -3.64. The van der Waals surface area contributed by atoms with Crippen molar-refractivity contribution in [3.63, 3.8) is 0 Å². The van der Waals surface area contributed by atoms with E-state index in [1.807, 2.05) is 0 Å². The molecule has 0 N–H and O–H groups in total. The summed E-state index contributed by atoms with van der Waals surface area (Å²) in [6.07, 6.45) is 3.74. The predicted molar refractivity (Wildman–Crippen MR) is 104 cm³/mol. The Morgan fingerprint density at radius 1 is 1.00 bits per heavy atom. The lowest BCUT2D eigenvalue weighted by molar-refractivity contribution is -0.138. The van der Waals surface area contributed by atoms with Crippen LogP contribution in [0.2, 0.25) is 0 Å². The van der Waals surface area contributed by atoms with Crippen LogP contribution in [0, 0.1) is 6.92 Å². The number of carbonyl (C=O) groups is 2. The van der Waals surface area contributed by atoms with E-state index in [0.29, 0.717) is 31.7 Å². The van der Waals surface area contributed by atoms with Crippen LogP contribution in [0.25, 0.3) is 0 Å². The molecule has 8 heteroatoms. The van der Waals surface area contributed by atoms with Gasteiger partial charge in [-0.15, -0.1) is 0 Å². The van der Waals surface area contributed by atoms with Crippen LogP contribution in [0.15, 0.2) is 23.1 Å². The molecule has 2 aliphatic heterocycles.